The predicted molar refractivity (Wildman–Crippen MR) is 76.1 cm³/mol. The van der Waals surface area contributed by atoms with Gasteiger partial charge in [-0.2, -0.15) is 0 Å². The molecule has 0 fully saturated rings. The molecular weight excluding hydrogens is 255 g/mol. The van der Waals surface area contributed by atoms with Crippen molar-refractivity contribution in [2.24, 2.45) is 0 Å². The summed E-state index contributed by atoms with van der Waals surface area (Å²) in [5.74, 6) is -0.696. The molecule has 4 heteroatoms. The molecule has 0 aliphatic carbocycles. The average molecular weight is 266 g/mol. The van der Waals surface area contributed by atoms with Gasteiger partial charge >= 0.3 is 0 Å². The summed E-state index contributed by atoms with van der Waals surface area (Å²) in [6.07, 6.45) is 1.64. The van der Waals surface area contributed by atoms with E-state index in [1.54, 1.807) is 30.5 Å². The molecule has 0 aliphatic heterocycles. The number of pyridine rings is 1. The fraction of sp³-hybridized carbons (Fsp3) is 0. The van der Waals surface area contributed by atoms with Gasteiger partial charge in [0, 0.05) is 17.3 Å². The van der Waals surface area contributed by atoms with Crippen LogP contribution >= 0.6 is 0 Å². The standard InChI is InChI=1S/C16H11FN2O/c17-12-6-2-7-13(10-12)19-16(20)14-8-1-4-11-5-3-9-18-15(11)14/h1-10H,(H,19,20). The minimum atomic E-state index is -0.390. The van der Waals surface area contributed by atoms with Gasteiger partial charge in [-0.15, -0.1) is 0 Å². The second-order valence-electron chi connectivity index (χ2n) is 4.35. The van der Waals surface area contributed by atoms with Crippen molar-refractivity contribution in [3.05, 3.63) is 72.2 Å². The Labute approximate surface area is 115 Å². The summed E-state index contributed by atoms with van der Waals surface area (Å²) in [4.78, 5) is 16.5. The topological polar surface area (TPSA) is 42.0 Å². The second kappa shape index (κ2) is 5.09. The predicted octanol–water partition coefficient (Wildman–Crippen LogP) is 3.63. The van der Waals surface area contributed by atoms with Crippen molar-refractivity contribution in [2.75, 3.05) is 5.32 Å². The van der Waals surface area contributed by atoms with E-state index in [9.17, 15) is 9.18 Å². The first-order valence-electron chi connectivity index (χ1n) is 6.15. The van der Waals surface area contributed by atoms with Crippen LogP contribution in [0.5, 0.6) is 0 Å². The summed E-state index contributed by atoms with van der Waals surface area (Å²) in [7, 11) is 0. The summed E-state index contributed by atoms with van der Waals surface area (Å²) in [5.41, 5.74) is 1.51. The lowest BCUT2D eigenvalue weighted by atomic mass is 10.1. The van der Waals surface area contributed by atoms with Crippen LogP contribution in [0.1, 0.15) is 10.4 Å². The molecule has 2 aromatic carbocycles. The number of para-hydroxylation sites is 1. The third-order valence-corrected chi connectivity index (χ3v) is 2.96. The first-order valence-corrected chi connectivity index (χ1v) is 6.15. The van der Waals surface area contributed by atoms with Crippen molar-refractivity contribution < 1.29 is 9.18 Å². The maximum atomic E-state index is 13.1. The van der Waals surface area contributed by atoms with Gasteiger partial charge in [0.2, 0.25) is 0 Å². The Bertz CT molecular complexity index is 781. The summed E-state index contributed by atoms with van der Waals surface area (Å²) >= 11 is 0. The van der Waals surface area contributed by atoms with Crippen molar-refractivity contribution in [3.63, 3.8) is 0 Å². The van der Waals surface area contributed by atoms with Crippen LogP contribution in [0.2, 0.25) is 0 Å². The molecule has 1 amide bonds. The molecule has 3 rings (SSSR count). The largest absolute Gasteiger partial charge is 0.322 e. The van der Waals surface area contributed by atoms with E-state index in [1.165, 1.54) is 12.1 Å². The highest BCUT2D eigenvalue weighted by atomic mass is 19.1. The number of hydrogen-bond donors (Lipinski definition) is 1. The minimum Gasteiger partial charge on any atom is -0.322 e. The Morgan fingerprint density at radius 3 is 2.70 bits per heavy atom. The number of aromatic nitrogens is 1. The average Bonchev–Trinajstić information content (AvgIpc) is 2.46. The maximum Gasteiger partial charge on any atom is 0.257 e. The molecule has 0 spiro atoms. The number of amides is 1. The minimum absolute atomic E-state index is 0.306. The molecule has 0 unspecified atom stereocenters. The normalized spacial score (nSPS) is 10.4. The molecule has 20 heavy (non-hydrogen) atoms. The summed E-state index contributed by atoms with van der Waals surface area (Å²) < 4.78 is 13.1. The number of nitrogens with one attached hydrogen (secondary N) is 1. The van der Waals surface area contributed by atoms with E-state index in [4.69, 9.17) is 0 Å². The Balaban J connectivity index is 1.97. The maximum absolute atomic E-state index is 13.1. The van der Waals surface area contributed by atoms with Crippen LogP contribution in [0, 0.1) is 5.82 Å². The lowest BCUT2D eigenvalue weighted by molar-refractivity contribution is 0.102. The quantitative estimate of drug-likeness (QED) is 0.769. The van der Waals surface area contributed by atoms with Gasteiger partial charge < -0.3 is 5.32 Å². The molecule has 0 radical (unpaired) electrons. The van der Waals surface area contributed by atoms with E-state index >= 15 is 0 Å². The number of anilines is 1. The van der Waals surface area contributed by atoms with Gasteiger partial charge in [0.15, 0.2) is 0 Å². The molecule has 0 saturated carbocycles. The fourth-order valence-electron chi connectivity index (χ4n) is 2.05. The molecule has 0 bridgehead atoms. The highest BCUT2D eigenvalue weighted by molar-refractivity contribution is 6.11. The number of nitrogens with zero attached hydrogens (tertiary/aromatic N) is 1. The van der Waals surface area contributed by atoms with Gasteiger partial charge in [-0.1, -0.05) is 24.3 Å². The molecular formula is C16H11FN2O. The van der Waals surface area contributed by atoms with E-state index in [0.29, 0.717) is 16.8 Å². The molecule has 3 nitrogen and oxygen atoms in total. The molecule has 1 aromatic heterocycles. The molecule has 0 saturated heterocycles. The number of benzene rings is 2. The van der Waals surface area contributed by atoms with Crippen LogP contribution < -0.4 is 5.32 Å². The van der Waals surface area contributed by atoms with Gasteiger partial charge in [0.25, 0.3) is 5.91 Å². The number of rotatable bonds is 2. The van der Waals surface area contributed by atoms with Crippen molar-refractivity contribution in [2.45, 2.75) is 0 Å². The van der Waals surface area contributed by atoms with Crippen LogP contribution in [0.4, 0.5) is 10.1 Å². The zero-order valence-electron chi connectivity index (χ0n) is 10.5. The van der Waals surface area contributed by atoms with Crippen molar-refractivity contribution in [1.82, 2.24) is 4.98 Å². The Morgan fingerprint density at radius 2 is 1.85 bits per heavy atom. The van der Waals surface area contributed by atoms with Crippen molar-refractivity contribution in [1.29, 1.82) is 0 Å². The fourth-order valence-corrected chi connectivity index (χ4v) is 2.05. The summed E-state index contributed by atoms with van der Waals surface area (Å²) in [6.45, 7) is 0. The van der Waals surface area contributed by atoms with E-state index in [1.807, 2.05) is 18.2 Å². The van der Waals surface area contributed by atoms with Gasteiger partial charge in [-0.25, -0.2) is 4.39 Å². The van der Waals surface area contributed by atoms with Crippen LogP contribution in [0.3, 0.4) is 0 Å². The zero-order chi connectivity index (χ0) is 13.9. The molecule has 3 aromatic rings. The van der Waals surface area contributed by atoms with E-state index < -0.39 is 0 Å². The number of carbonyl (C=O) groups excluding carboxylic acids is 1. The molecule has 1 heterocycles. The lowest BCUT2D eigenvalue weighted by Crippen LogP contribution is -2.12. The van der Waals surface area contributed by atoms with Crippen LogP contribution in [-0.2, 0) is 0 Å². The van der Waals surface area contributed by atoms with Crippen LogP contribution in [0.25, 0.3) is 10.9 Å². The molecule has 98 valence electrons. The first kappa shape index (κ1) is 12.3. The van der Waals surface area contributed by atoms with Crippen molar-refractivity contribution in [3.8, 4) is 0 Å². The van der Waals surface area contributed by atoms with Gasteiger partial charge in [-0.3, -0.25) is 9.78 Å². The van der Waals surface area contributed by atoms with Crippen LogP contribution in [0.15, 0.2) is 60.8 Å². The first-order chi connectivity index (χ1) is 9.74. The second-order valence-corrected chi connectivity index (χ2v) is 4.35. The van der Waals surface area contributed by atoms with E-state index in [2.05, 4.69) is 10.3 Å². The highest BCUT2D eigenvalue weighted by Gasteiger charge is 2.11. The monoisotopic (exact) mass is 266 g/mol. The number of hydrogen-bond acceptors (Lipinski definition) is 2. The van der Waals surface area contributed by atoms with E-state index in [0.717, 1.165) is 5.39 Å². The summed E-state index contributed by atoms with van der Waals surface area (Å²) in [6, 6.07) is 14.9. The highest BCUT2D eigenvalue weighted by Crippen LogP contribution is 2.18. The Kier molecular flexibility index (Phi) is 3.13. The van der Waals surface area contributed by atoms with Gasteiger partial charge in [0.05, 0.1) is 11.1 Å². The van der Waals surface area contributed by atoms with Gasteiger partial charge in [0.1, 0.15) is 5.82 Å². The molecule has 0 aliphatic rings. The zero-order valence-corrected chi connectivity index (χ0v) is 10.5. The number of halogens is 1. The Hall–Kier alpha value is -2.75. The van der Waals surface area contributed by atoms with E-state index in [-0.39, 0.29) is 11.7 Å². The summed E-state index contributed by atoms with van der Waals surface area (Å²) in [5, 5.41) is 3.56. The molecule has 1 N–H and O–H groups in total. The van der Waals surface area contributed by atoms with Crippen molar-refractivity contribution >= 4 is 22.5 Å². The van der Waals surface area contributed by atoms with Crippen LogP contribution in [-0.4, -0.2) is 10.9 Å². The van der Waals surface area contributed by atoms with Gasteiger partial charge in [-0.05, 0) is 30.3 Å². The molecule has 0 atom stereocenters. The smallest absolute Gasteiger partial charge is 0.257 e. The third kappa shape index (κ3) is 2.36. The Morgan fingerprint density at radius 1 is 1.05 bits per heavy atom. The SMILES string of the molecule is O=C(Nc1cccc(F)c1)c1cccc2cccnc12. The number of fused-ring (bicyclic) bond motifs is 1. The lowest BCUT2D eigenvalue weighted by Gasteiger charge is -2.07. The third-order valence-electron chi connectivity index (χ3n) is 2.96. The number of carbonyl (C=O) groups is 1.